The molecule has 0 radical (unpaired) electrons. The Hall–Kier alpha value is -4.14. The number of anilines is 1. The van der Waals surface area contributed by atoms with Crippen molar-refractivity contribution in [3.63, 3.8) is 0 Å². The molecule has 9 heteroatoms. The van der Waals surface area contributed by atoms with E-state index in [2.05, 4.69) is 0 Å². The molecule has 0 amide bonds. The van der Waals surface area contributed by atoms with Gasteiger partial charge in [-0.05, 0) is 22.8 Å². The van der Waals surface area contributed by atoms with Crippen molar-refractivity contribution in [2.24, 2.45) is 13.0 Å². The van der Waals surface area contributed by atoms with E-state index in [1.54, 1.807) is 0 Å². The summed E-state index contributed by atoms with van der Waals surface area (Å²) in [7, 11) is 1.28. The summed E-state index contributed by atoms with van der Waals surface area (Å²) in [5.74, 6) is -1.60. The average Bonchev–Trinajstić information content (AvgIpc) is 3.22. The number of nitrogen functional groups attached to an aromatic ring is 1. The number of ketones is 1. The summed E-state index contributed by atoms with van der Waals surface area (Å²) in [4.78, 5) is 50.3. The van der Waals surface area contributed by atoms with Crippen LogP contribution in [0.1, 0.15) is 29.8 Å². The maximum absolute atomic E-state index is 12.8. The number of nitrogens with zero attached hydrogens (tertiary/aromatic N) is 2. The van der Waals surface area contributed by atoms with Gasteiger partial charge < -0.3 is 14.9 Å². The fourth-order valence-electron chi connectivity index (χ4n) is 4.02. The zero-order valence-electron chi connectivity index (χ0n) is 19.2. The molecule has 0 spiro atoms. The van der Waals surface area contributed by atoms with Gasteiger partial charge in [0.05, 0.1) is 12.7 Å². The molecule has 0 saturated heterocycles. The Morgan fingerprint density at radius 2 is 1.85 bits per heavy atom. The Kier molecular flexibility index (Phi) is 6.10. The van der Waals surface area contributed by atoms with Crippen molar-refractivity contribution < 1.29 is 18.7 Å². The third-order valence-electron chi connectivity index (χ3n) is 5.65. The number of carbonyl (C=O) groups is 2. The first-order valence-corrected chi connectivity index (χ1v) is 10.8. The van der Waals surface area contributed by atoms with Crippen LogP contribution in [0.2, 0.25) is 0 Å². The van der Waals surface area contributed by atoms with Crippen molar-refractivity contribution in [3.8, 4) is 0 Å². The number of hydrogen-bond acceptors (Lipinski definition) is 7. The number of benzene rings is 2. The van der Waals surface area contributed by atoms with Crippen molar-refractivity contribution in [2.45, 2.75) is 26.8 Å². The molecule has 0 aliphatic heterocycles. The Balaban J connectivity index is 1.55. The van der Waals surface area contributed by atoms with Gasteiger partial charge >= 0.3 is 11.7 Å². The molecule has 4 aromatic rings. The lowest BCUT2D eigenvalue weighted by Gasteiger charge is -2.16. The van der Waals surface area contributed by atoms with Gasteiger partial charge in [-0.3, -0.25) is 23.5 Å². The number of ether oxygens (including phenoxy) is 1. The quantitative estimate of drug-likeness (QED) is 0.330. The minimum absolute atomic E-state index is 0.0548. The number of nitrogens with two attached hydrogens (primary N) is 1. The van der Waals surface area contributed by atoms with E-state index in [4.69, 9.17) is 14.9 Å². The van der Waals surface area contributed by atoms with Crippen LogP contribution in [-0.2, 0) is 29.5 Å². The summed E-state index contributed by atoms with van der Waals surface area (Å²) >= 11 is 0. The van der Waals surface area contributed by atoms with Gasteiger partial charge in [-0.25, -0.2) is 4.79 Å². The standard InChI is InChI=1S/C25H25N3O6/c1-14(2)11-28-23(26)22(24(31)27(3)25(28)32)18(29)13-34-20(30)10-16-12-33-19-9-8-15-6-4-5-7-17(15)21(16)19/h4-9,12,14H,10-11,13,26H2,1-3H3. The van der Waals surface area contributed by atoms with Crippen LogP contribution in [0.3, 0.4) is 0 Å². The highest BCUT2D eigenvalue weighted by molar-refractivity contribution is 6.08. The summed E-state index contributed by atoms with van der Waals surface area (Å²) in [6.07, 6.45) is 1.38. The molecule has 0 bridgehead atoms. The number of hydrogen-bond donors (Lipinski definition) is 1. The van der Waals surface area contributed by atoms with Gasteiger partial charge in [0, 0.05) is 24.5 Å². The van der Waals surface area contributed by atoms with Crippen LogP contribution in [0.5, 0.6) is 0 Å². The van der Waals surface area contributed by atoms with Crippen LogP contribution in [0.15, 0.2) is 56.7 Å². The fourth-order valence-corrected chi connectivity index (χ4v) is 4.02. The van der Waals surface area contributed by atoms with E-state index in [0.717, 1.165) is 20.7 Å². The summed E-state index contributed by atoms with van der Waals surface area (Å²) in [6.45, 7) is 3.32. The molecular weight excluding hydrogens is 438 g/mol. The molecule has 34 heavy (non-hydrogen) atoms. The Morgan fingerprint density at radius 1 is 1.12 bits per heavy atom. The molecule has 0 fully saturated rings. The monoisotopic (exact) mass is 463 g/mol. The first kappa shape index (κ1) is 23.0. The number of aromatic nitrogens is 2. The van der Waals surface area contributed by atoms with E-state index in [-0.39, 0.29) is 30.3 Å². The highest BCUT2D eigenvalue weighted by atomic mass is 16.5. The number of fused-ring (bicyclic) bond motifs is 3. The van der Waals surface area contributed by atoms with Crippen LogP contribution >= 0.6 is 0 Å². The van der Waals surface area contributed by atoms with Crippen LogP contribution in [-0.4, -0.2) is 27.5 Å². The second kappa shape index (κ2) is 9.01. The second-order valence-electron chi connectivity index (χ2n) is 8.59. The summed E-state index contributed by atoms with van der Waals surface area (Å²) < 4.78 is 12.8. The average molecular weight is 463 g/mol. The van der Waals surface area contributed by atoms with Gasteiger partial charge in [0.15, 0.2) is 6.61 Å². The van der Waals surface area contributed by atoms with E-state index in [1.165, 1.54) is 17.9 Å². The predicted molar refractivity (Wildman–Crippen MR) is 128 cm³/mol. The molecule has 9 nitrogen and oxygen atoms in total. The highest BCUT2D eigenvalue weighted by Crippen LogP contribution is 2.30. The van der Waals surface area contributed by atoms with Crippen molar-refractivity contribution in [3.05, 3.63) is 74.6 Å². The zero-order valence-corrected chi connectivity index (χ0v) is 19.2. The van der Waals surface area contributed by atoms with Crippen molar-refractivity contribution >= 4 is 39.3 Å². The number of Topliss-reactive ketones (excluding diaryl/α,β-unsaturated/α-hetero) is 1. The van der Waals surface area contributed by atoms with Crippen LogP contribution < -0.4 is 17.0 Å². The van der Waals surface area contributed by atoms with Crippen molar-refractivity contribution in [2.75, 3.05) is 12.3 Å². The lowest BCUT2D eigenvalue weighted by atomic mass is 10.0. The molecule has 0 unspecified atom stereocenters. The molecule has 2 aromatic carbocycles. The van der Waals surface area contributed by atoms with Gasteiger partial charge in [0.1, 0.15) is 17.0 Å². The molecule has 2 aromatic heterocycles. The smallest absolute Gasteiger partial charge is 0.332 e. The van der Waals surface area contributed by atoms with E-state index in [9.17, 15) is 19.2 Å². The first-order valence-electron chi connectivity index (χ1n) is 10.8. The van der Waals surface area contributed by atoms with E-state index in [0.29, 0.717) is 11.1 Å². The molecule has 0 saturated carbocycles. The van der Waals surface area contributed by atoms with Crippen molar-refractivity contribution in [1.29, 1.82) is 0 Å². The van der Waals surface area contributed by atoms with Crippen LogP contribution in [0.25, 0.3) is 21.7 Å². The topological polar surface area (TPSA) is 127 Å². The van der Waals surface area contributed by atoms with Gasteiger partial charge in [0.2, 0.25) is 5.78 Å². The predicted octanol–water partition coefficient (Wildman–Crippen LogP) is 2.65. The van der Waals surface area contributed by atoms with Crippen LogP contribution in [0, 0.1) is 5.92 Å². The van der Waals surface area contributed by atoms with E-state index in [1.807, 2.05) is 50.2 Å². The third kappa shape index (κ3) is 4.12. The molecular formula is C25H25N3O6. The zero-order chi connectivity index (χ0) is 24.6. The molecule has 0 aliphatic carbocycles. The molecule has 176 valence electrons. The molecule has 0 atom stereocenters. The van der Waals surface area contributed by atoms with Gasteiger partial charge in [-0.1, -0.05) is 44.2 Å². The second-order valence-corrected chi connectivity index (χ2v) is 8.59. The maximum Gasteiger partial charge on any atom is 0.332 e. The first-order chi connectivity index (χ1) is 16.2. The Bertz CT molecular complexity index is 1540. The minimum Gasteiger partial charge on any atom is -0.464 e. The number of carbonyl (C=O) groups excluding carboxylic acids is 2. The maximum atomic E-state index is 12.8. The molecule has 4 rings (SSSR count). The number of rotatable bonds is 7. The van der Waals surface area contributed by atoms with Crippen molar-refractivity contribution in [1.82, 2.24) is 9.13 Å². The SMILES string of the molecule is CC(C)Cn1c(N)c(C(=O)COC(=O)Cc2coc3ccc4ccccc4c23)c(=O)n(C)c1=O. The van der Waals surface area contributed by atoms with Gasteiger partial charge in [-0.2, -0.15) is 0 Å². The summed E-state index contributed by atoms with van der Waals surface area (Å²) in [5.41, 5.74) is 5.48. The largest absolute Gasteiger partial charge is 0.464 e. The normalized spacial score (nSPS) is 11.4. The molecule has 2 N–H and O–H groups in total. The molecule has 2 heterocycles. The van der Waals surface area contributed by atoms with E-state index < -0.39 is 29.6 Å². The Morgan fingerprint density at radius 3 is 2.59 bits per heavy atom. The van der Waals surface area contributed by atoms with Crippen LogP contribution in [0.4, 0.5) is 5.82 Å². The third-order valence-corrected chi connectivity index (χ3v) is 5.65. The highest BCUT2D eigenvalue weighted by Gasteiger charge is 2.23. The minimum atomic E-state index is -0.823. The Labute approximate surface area is 194 Å². The van der Waals surface area contributed by atoms with Gasteiger partial charge in [-0.15, -0.1) is 0 Å². The molecule has 0 aliphatic rings. The lowest BCUT2D eigenvalue weighted by Crippen LogP contribution is -2.43. The summed E-state index contributed by atoms with van der Waals surface area (Å²) in [5, 5.41) is 2.75. The fraction of sp³-hybridized carbons (Fsp3) is 0.280. The number of esters is 1. The lowest BCUT2D eigenvalue weighted by molar-refractivity contribution is -0.141. The van der Waals surface area contributed by atoms with E-state index >= 15 is 0 Å². The summed E-state index contributed by atoms with van der Waals surface area (Å²) in [6, 6.07) is 11.5. The number of furan rings is 1. The van der Waals surface area contributed by atoms with Gasteiger partial charge in [0.25, 0.3) is 5.56 Å².